The van der Waals surface area contributed by atoms with Crippen LogP contribution in [0.2, 0.25) is 0 Å². The van der Waals surface area contributed by atoms with Crippen LogP contribution < -0.4 is 5.32 Å². The predicted molar refractivity (Wildman–Crippen MR) is 83.5 cm³/mol. The number of benzene rings is 1. The van der Waals surface area contributed by atoms with E-state index in [0.717, 1.165) is 22.6 Å². The normalized spacial score (nSPS) is 12.3. The third-order valence-corrected chi connectivity index (χ3v) is 3.61. The van der Waals surface area contributed by atoms with E-state index in [2.05, 4.69) is 29.4 Å². The van der Waals surface area contributed by atoms with Crippen molar-refractivity contribution >= 4 is 5.69 Å². The first kappa shape index (κ1) is 13.4. The number of anilines is 1. The van der Waals surface area contributed by atoms with Crippen molar-refractivity contribution in [1.29, 1.82) is 0 Å². The van der Waals surface area contributed by atoms with E-state index >= 15 is 0 Å². The molecule has 0 aliphatic rings. The highest BCUT2D eigenvalue weighted by atomic mass is 15.3. The Balaban J connectivity index is 1.83. The van der Waals surface area contributed by atoms with Gasteiger partial charge in [-0.2, -0.15) is 10.2 Å². The molecule has 0 spiro atoms. The van der Waals surface area contributed by atoms with Gasteiger partial charge in [0.15, 0.2) is 0 Å². The van der Waals surface area contributed by atoms with Crippen LogP contribution >= 0.6 is 0 Å². The molecule has 0 aliphatic heterocycles. The van der Waals surface area contributed by atoms with Gasteiger partial charge in [0, 0.05) is 18.8 Å². The average Bonchev–Trinajstić information content (AvgIpc) is 3.07. The van der Waals surface area contributed by atoms with Crippen molar-refractivity contribution in [1.82, 2.24) is 19.6 Å². The van der Waals surface area contributed by atoms with Gasteiger partial charge in [-0.25, -0.2) is 4.68 Å². The van der Waals surface area contributed by atoms with Crippen molar-refractivity contribution < 1.29 is 0 Å². The van der Waals surface area contributed by atoms with E-state index in [-0.39, 0.29) is 6.04 Å². The van der Waals surface area contributed by atoms with E-state index in [0.29, 0.717) is 0 Å². The molecule has 0 amide bonds. The fraction of sp³-hybridized carbons (Fsp3) is 0.250. The van der Waals surface area contributed by atoms with Crippen LogP contribution in [0.5, 0.6) is 0 Å². The van der Waals surface area contributed by atoms with Crippen LogP contribution in [0.15, 0.2) is 48.9 Å². The second kappa shape index (κ2) is 5.44. The highest BCUT2D eigenvalue weighted by Gasteiger charge is 2.12. The zero-order valence-electron chi connectivity index (χ0n) is 12.5. The monoisotopic (exact) mass is 281 g/mol. The summed E-state index contributed by atoms with van der Waals surface area (Å²) in [7, 11) is 1.93. The maximum absolute atomic E-state index is 4.47. The lowest BCUT2D eigenvalue weighted by atomic mass is 10.2. The minimum Gasteiger partial charge on any atom is -0.376 e. The molecule has 0 unspecified atom stereocenters. The molecule has 21 heavy (non-hydrogen) atoms. The maximum atomic E-state index is 4.47. The van der Waals surface area contributed by atoms with Crippen LogP contribution in [0, 0.1) is 6.92 Å². The molecule has 2 heterocycles. The fourth-order valence-corrected chi connectivity index (χ4v) is 2.36. The average molecular weight is 281 g/mol. The number of hydrogen-bond acceptors (Lipinski definition) is 3. The zero-order chi connectivity index (χ0) is 14.8. The maximum Gasteiger partial charge on any atom is 0.0765 e. The van der Waals surface area contributed by atoms with Gasteiger partial charge in [0.2, 0.25) is 0 Å². The quantitative estimate of drug-likeness (QED) is 0.799. The van der Waals surface area contributed by atoms with Crippen molar-refractivity contribution in [2.75, 3.05) is 5.32 Å². The Kier molecular flexibility index (Phi) is 3.48. The Hall–Kier alpha value is -2.56. The van der Waals surface area contributed by atoms with Gasteiger partial charge in [-0.3, -0.25) is 4.68 Å². The number of aromatic nitrogens is 4. The molecule has 1 atom stereocenters. The molecule has 0 radical (unpaired) electrons. The number of para-hydroxylation sites is 1. The fourth-order valence-electron chi connectivity index (χ4n) is 2.36. The summed E-state index contributed by atoms with van der Waals surface area (Å²) in [5, 5.41) is 12.2. The minimum absolute atomic E-state index is 0.186. The van der Waals surface area contributed by atoms with Crippen molar-refractivity contribution in [3.8, 4) is 5.69 Å². The highest BCUT2D eigenvalue weighted by Crippen LogP contribution is 2.23. The molecular formula is C16H19N5. The molecule has 5 nitrogen and oxygen atoms in total. The van der Waals surface area contributed by atoms with Crippen LogP contribution in [-0.4, -0.2) is 19.6 Å². The minimum atomic E-state index is 0.186. The van der Waals surface area contributed by atoms with Gasteiger partial charge in [-0.1, -0.05) is 18.2 Å². The van der Waals surface area contributed by atoms with Crippen molar-refractivity contribution in [3.05, 3.63) is 60.2 Å². The predicted octanol–water partition coefficient (Wildman–Crippen LogP) is 3.09. The number of aryl methyl sites for hydroxylation is 1. The lowest BCUT2D eigenvalue weighted by molar-refractivity contribution is 0.765. The van der Waals surface area contributed by atoms with Gasteiger partial charge in [0.1, 0.15) is 0 Å². The largest absolute Gasteiger partial charge is 0.376 e. The Morgan fingerprint density at radius 1 is 1.10 bits per heavy atom. The Morgan fingerprint density at radius 2 is 1.86 bits per heavy atom. The number of nitrogens with one attached hydrogen (secondary N) is 1. The standard InChI is InChI=1S/C16H19N5/c1-12(14-9-17-20(3)11-14)19-16-10-18-21(13(16)2)15-7-5-4-6-8-15/h4-12,19H,1-3H3/t12-/m1/s1. The summed E-state index contributed by atoms with van der Waals surface area (Å²) >= 11 is 0. The summed E-state index contributed by atoms with van der Waals surface area (Å²) in [6.45, 7) is 4.19. The first-order valence-electron chi connectivity index (χ1n) is 7.00. The molecule has 0 saturated heterocycles. The van der Waals surface area contributed by atoms with Gasteiger partial charge >= 0.3 is 0 Å². The van der Waals surface area contributed by atoms with E-state index in [9.17, 15) is 0 Å². The summed E-state index contributed by atoms with van der Waals surface area (Å²) in [6, 6.07) is 10.3. The molecule has 1 N–H and O–H groups in total. The van der Waals surface area contributed by atoms with E-state index in [1.54, 1.807) is 0 Å². The van der Waals surface area contributed by atoms with E-state index in [4.69, 9.17) is 0 Å². The summed E-state index contributed by atoms with van der Waals surface area (Å²) in [6.07, 6.45) is 5.78. The summed E-state index contributed by atoms with van der Waals surface area (Å²) < 4.78 is 3.76. The Bertz CT molecular complexity index is 726. The van der Waals surface area contributed by atoms with Crippen LogP contribution in [0.1, 0.15) is 24.2 Å². The van der Waals surface area contributed by atoms with Crippen LogP contribution in [0.4, 0.5) is 5.69 Å². The van der Waals surface area contributed by atoms with Crippen molar-refractivity contribution in [3.63, 3.8) is 0 Å². The molecule has 0 bridgehead atoms. The molecule has 1 aromatic carbocycles. The summed E-state index contributed by atoms with van der Waals surface area (Å²) in [5.74, 6) is 0. The number of rotatable bonds is 4. The molecule has 0 aliphatic carbocycles. The summed E-state index contributed by atoms with van der Waals surface area (Å²) in [4.78, 5) is 0. The van der Waals surface area contributed by atoms with Crippen LogP contribution in [-0.2, 0) is 7.05 Å². The Morgan fingerprint density at radius 3 is 2.52 bits per heavy atom. The molecule has 0 saturated carbocycles. The summed E-state index contributed by atoms with van der Waals surface area (Å²) in [5.41, 5.74) is 4.36. The van der Waals surface area contributed by atoms with Gasteiger partial charge in [-0.15, -0.1) is 0 Å². The third kappa shape index (κ3) is 2.67. The van der Waals surface area contributed by atoms with Crippen molar-refractivity contribution in [2.45, 2.75) is 19.9 Å². The van der Waals surface area contributed by atoms with Crippen molar-refractivity contribution in [2.24, 2.45) is 7.05 Å². The van der Waals surface area contributed by atoms with Crippen LogP contribution in [0.3, 0.4) is 0 Å². The van der Waals surface area contributed by atoms with Gasteiger partial charge in [0.25, 0.3) is 0 Å². The SMILES string of the molecule is Cc1c(N[C@H](C)c2cnn(C)c2)cnn1-c1ccccc1. The third-order valence-electron chi connectivity index (χ3n) is 3.61. The molecule has 2 aromatic heterocycles. The topological polar surface area (TPSA) is 47.7 Å². The zero-order valence-corrected chi connectivity index (χ0v) is 12.5. The van der Waals surface area contributed by atoms with Gasteiger partial charge < -0.3 is 5.32 Å². The van der Waals surface area contributed by atoms with E-state index in [1.807, 2.05) is 65.3 Å². The molecule has 0 fully saturated rings. The lowest BCUT2D eigenvalue weighted by Gasteiger charge is -2.13. The van der Waals surface area contributed by atoms with E-state index < -0.39 is 0 Å². The van der Waals surface area contributed by atoms with Crippen LogP contribution in [0.25, 0.3) is 5.69 Å². The van der Waals surface area contributed by atoms with E-state index in [1.165, 1.54) is 0 Å². The second-order valence-corrected chi connectivity index (χ2v) is 5.20. The van der Waals surface area contributed by atoms with Gasteiger partial charge in [0.05, 0.1) is 35.5 Å². The van der Waals surface area contributed by atoms with Gasteiger partial charge in [-0.05, 0) is 26.0 Å². The highest BCUT2D eigenvalue weighted by molar-refractivity contribution is 5.50. The Labute approximate surface area is 124 Å². The molecule has 108 valence electrons. The first-order valence-corrected chi connectivity index (χ1v) is 7.00. The first-order chi connectivity index (χ1) is 10.1. The second-order valence-electron chi connectivity index (χ2n) is 5.20. The number of nitrogens with zero attached hydrogens (tertiary/aromatic N) is 4. The smallest absolute Gasteiger partial charge is 0.0765 e. The molecule has 3 aromatic rings. The molecule has 3 rings (SSSR count). The molecule has 5 heteroatoms. The lowest BCUT2D eigenvalue weighted by Crippen LogP contribution is -2.07. The number of hydrogen-bond donors (Lipinski definition) is 1. The molecular weight excluding hydrogens is 262 g/mol.